The van der Waals surface area contributed by atoms with Gasteiger partial charge < -0.3 is 9.47 Å². The molecule has 21 heavy (non-hydrogen) atoms. The van der Waals surface area contributed by atoms with Gasteiger partial charge in [0, 0.05) is 5.56 Å². The highest BCUT2D eigenvalue weighted by molar-refractivity contribution is 5.94. The molecule has 1 aliphatic carbocycles. The van der Waals surface area contributed by atoms with Crippen molar-refractivity contribution in [3.63, 3.8) is 0 Å². The van der Waals surface area contributed by atoms with E-state index < -0.39 is 0 Å². The van der Waals surface area contributed by atoms with Crippen molar-refractivity contribution in [3.05, 3.63) is 59.2 Å². The predicted octanol–water partition coefficient (Wildman–Crippen LogP) is 3.96. The average molecular weight is 282 g/mol. The molecule has 0 aromatic heterocycles. The van der Waals surface area contributed by atoms with Crippen molar-refractivity contribution >= 4 is 5.78 Å². The van der Waals surface area contributed by atoms with E-state index in [1.165, 1.54) is 11.1 Å². The lowest BCUT2D eigenvalue weighted by Crippen LogP contribution is -2.05. The number of carbonyl (C=O) groups is 1. The molecule has 0 aliphatic heterocycles. The standard InChI is InChI=1S/C18H18O3/c1-12(19)14-8-10-17(20-2)18(11-14)21-16-9-7-13-5-3-4-6-15(13)16/h3-6,8,10-11,16H,7,9H2,1-2H3. The summed E-state index contributed by atoms with van der Waals surface area (Å²) in [7, 11) is 1.61. The average Bonchev–Trinajstić information content (AvgIpc) is 2.90. The van der Waals surface area contributed by atoms with Crippen molar-refractivity contribution in [1.29, 1.82) is 0 Å². The van der Waals surface area contributed by atoms with Gasteiger partial charge in [-0.1, -0.05) is 24.3 Å². The summed E-state index contributed by atoms with van der Waals surface area (Å²) in [6, 6.07) is 13.6. The molecule has 3 heteroatoms. The molecule has 0 amide bonds. The number of benzene rings is 2. The third-order valence-corrected chi connectivity index (χ3v) is 3.92. The molecule has 2 aromatic carbocycles. The van der Waals surface area contributed by atoms with E-state index in [1.807, 2.05) is 6.07 Å². The summed E-state index contributed by atoms with van der Waals surface area (Å²) in [5.74, 6) is 1.31. The lowest BCUT2D eigenvalue weighted by Gasteiger charge is -2.17. The Bertz CT molecular complexity index is 676. The Morgan fingerprint density at radius 1 is 1.14 bits per heavy atom. The fourth-order valence-electron chi connectivity index (χ4n) is 2.78. The largest absolute Gasteiger partial charge is 0.493 e. The Kier molecular flexibility index (Phi) is 3.65. The normalized spacial score (nSPS) is 16.4. The first-order chi connectivity index (χ1) is 10.2. The first-order valence-corrected chi connectivity index (χ1v) is 7.12. The van der Waals surface area contributed by atoms with Crippen molar-refractivity contribution in [1.82, 2.24) is 0 Å². The van der Waals surface area contributed by atoms with Crippen LogP contribution in [-0.4, -0.2) is 12.9 Å². The summed E-state index contributed by atoms with van der Waals surface area (Å²) in [5.41, 5.74) is 3.20. The number of fused-ring (bicyclic) bond motifs is 1. The molecule has 0 heterocycles. The highest BCUT2D eigenvalue weighted by atomic mass is 16.5. The second-order valence-corrected chi connectivity index (χ2v) is 5.27. The van der Waals surface area contributed by atoms with Crippen LogP contribution in [0.2, 0.25) is 0 Å². The number of Topliss-reactive ketones (excluding diaryl/α,β-unsaturated/α-hetero) is 1. The molecule has 0 spiro atoms. The van der Waals surface area contributed by atoms with Gasteiger partial charge in [-0.3, -0.25) is 4.79 Å². The van der Waals surface area contributed by atoms with E-state index in [2.05, 4.69) is 18.2 Å². The van der Waals surface area contributed by atoms with E-state index in [1.54, 1.807) is 32.2 Å². The molecule has 2 aromatic rings. The van der Waals surface area contributed by atoms with E-state index in [-0.39, 0.29) is 11.9 Å². The topological polar surface area (TPSA) is 35.5 Å². The summed E-state index contributed by atoms with van der Waals surface area (Å²) in [6.07, 6.45) is 2.00. The maximum absolute atomic E-state index is 11.5. The van der Waals surface area contributed by atoms with Crippen molar-refractivity contribution in [3.8, 4) is 11.5 Å². The molecule has 0 radical (unpaired) electrons. The van der Waals surface area contributed by atoms with Gasteiger partial charge in [-0.05, 0) is 49.1 Å². The molecular formula is C18H18O3. The van der Waals surface area contributed by atoms with Crippen LogP contribution < -0.4 is 9.47 Å². The summed E-state index contributed by atoms with van der Waals surface area (Å²) < 4.78 is 11.5. The molecule has 3 nitrogen and oxygen atoms in total. The number of carbonyl (C=O) groups excluding carboxylic acids is 1. The van der Waals surface area contributed by atoms with Gasteiger partial charge in [-0.2, -0.15) is 0 Å². The molecule has 108 valence electrons. The summed E-state index contributed by atoms with van der Waals surface area (Å²) in [5, 5.41) is 0. The molecule has 0 bridgehead atoms. The second kappa shape index (κ2) is 5.60. The van der Waals surface area contributed by atoms with Crippen molar-refractivity contribution < 1.29 is 14.3 Å². The highest BCUT2D eigenvalue weighted by Gasteiger charge is 2.24. The van der Waals surface area contributed by atoms with Crippen LogP contribution in [-0.2, 0) is 6.42 Å². The minimum Gasteiger partial charge on any atom is -0.493 e. The highest BCUT2D eigenvalue weighted by Crippen LogP contribution is 2.38. The van der Waals surface area contributed by atoms with Crippen LogP contribution >= 0.6 is 0 Å². The number of aryl methyl sites for hydroxylation is 1. The Morgan fingerprint density at radius 2 is 1.95 bits per heavy atom. The minimum absolute atomic E-state index is 0.0225. The maximum atomic E-state index is 11.5. The van der Waals surface area contributed by atoms with Crippen LogP contribution in [0.1, 0.15) is 40.9 Å². The monoisotopic (exact) mass is 282 g/mol. The zero-order valence-electron chi connectivity index (χ0n) is 12.3. The van der Waals surface area contributed by atoms with Crippen LogP contribution in [0.5, 0.6) is 11.5 Å². The van der Waals surface area contributed by atoms with Crippen LogP contribution in [0, 0.1) is 0 Å². The van der Waals surface area contributed by atoms with E-state index in [9.17, 15) is 4.79 Å². The Balaban J connectivity index is 1.91. The van der Waals surface area contributed by atoms with E-state index in [4.69, 9.17) is 9.47 Å². The molecule has 0 fully saturated rings. The third kappa shape index (κ3) is 2.64. The summed E-state index contributed by atoms with van der Waals surface area (Å²) in [4.78, 5) is 11.5. The van der Waals surface area contributed by atoms with Gasteiger partial charge in [0.05, 0.1) is 7.11 Å². The fraction of sp³-hybridized carbons (Fsp3) is 0.278. The zero-order valence-corrected chi connectivity index (χ0v) is 12.3. The van der Waals surface area contributed by atoms with Crippen molar-refractivity contribution in [2.24, 2.45) is 0 Å². The summed E-state index contributed by atoms with van der Waals surface area (Å²) in [6.45, 7) is 1.55. The van der Waals surface area contributed by atoms with Gasteiger partial charge >= 0.3 is 0 Å². The molecule has 1 aliphatic rings. The van der Waals surface area contributed by atoms with Gasteiger partial charge in [0.15, 0.2) is 17.3 Å². The number of rotatable bonds is 4. The van der Waals surface area contributed by atoms with E-state index in [0.29, 0.717) is 17.1 Å². The minimum atomic E-state index is 0.0225. The van der Waals surface area contributed by atoms with E-state index >= 15 is 0 Å². The summed E-state index contributed by atoms with van der Waals surface area (Å²) >= 11 is 0. The number of hydrogen-bond donors (Lipinski definition) is 0. The van der Waals surface area contributed by atoms with Crippen LogP contribution in [0.15, 0.2) is 42.5 Å². The second-order valence-electron chi connectivity index (χ2n) is 5.27. The molecule has 0 N–H and O–H groups in total. The van der Waals surface area contributed by atoms with Crippen LogP contribution in [0.3, 0.4) is 0 Å². The zero-order chi connectivity index (χ0) is 14.8. The number of methoxy groups -OCH3 is 1. The maximum Gasteiger partial charge on any atom is 0.162 e. The Morgan fingerprint density at radius 3 is 2.71 bits per heavy atom. The van der Waals surface area contributed by atoms with Gasteiger partial charge in [0.2, 0.25) is 0 Å². The van der Waals surface area contributed by atoms with Gasteiger partial charge in [-0.15, -0.1) is 0 Å². The Hall–Kier alpha value is -2.29. The van der Waals surface area contributed by atoms with Crippen LogP contribution in [0.25, 0.3) is 0 Å². The lowest BCUT2D eigenvalue weighted by atomic mass is 10.1. The lowest BCUT2D eigenvalue weighted by molar-refractivity contribution is 0.101. The van der Waals surface area contributed by atoms with Gasteiger partial charge in [0.1, 0.15) is 6.10 Å². The fourth-order valence-corrected chi connectivity index (χ4v) is 2.78. The molecule has 3 rings (SSSR count). The first kappa shape index (κ1) is 13.7. The SMILES string of the molecule is COc1ccc(C(C)=O)cc1OC1CCc2ccccc21. The third-order valence-electron chi connectivity index (χ3n) is 3.92. The number of ether oxygens (including phenoxy) is 2. The van der Waals surface area contributed by atoms with E-state index in [0.717, 1.165) is 12.8 Å². The first-order valence-electron chi connectivity index (χ1n) is 7.12. The molecule has 0 saturated heterocycles. The number of ketones is 1. The molecule has 0 saturated carbocycles. The molecule has 1 unspecified atom stereocenters. The molecular weight excluding hydrogens is 264 g/mol. The van der Waals surface area contributed by atoms with Crippen LogP contribution in [0.4, 0.5) is 0 Å². The Labute approximate surface area is 124 Å². The van der Waals surface area contributed by atoms with Crippen molar-refractivity contribution in [2.75, 3.05) is 7.11 Å². The van der Waals surface area contributed by atoms with Crippen molar-refractivity contribution in [2.45, 2.75) is 25.9 Å². The predicted molar refractivity (Wildman–Crippen MR) is 81.1 cm³/mol. The smallest absolute Gasteiger partial charge is 0.162 e. The number of hydrogen-bond acceptors (Lipinski definition) is 3. The quantitative estimate of drug-likeness (QED) is 0.796. The van der Waals surface area contributed by atoms with Gasteiger partial charge in [-0.25, -0.2) is 0 Å². The van der Waals surface area contributed by atoms with Gasteiger partial charge in [0.25, 0.3) is 0 Å². The molecule has 1 atom stereocenters.